The van der Waals surface area contributed by atoms with E-state index in [1.165, 1.54) is 17.5 Å². The Hall–Kier alpha value is -1.87. The number of aromatic nitrogens is 3. The Kier molecular flexibility index (Phi) is 2.99. The molecule has 0 aliphatic rings. The van der Waals surface area contributed by atoms with Crippen LogP contribution in [0.1, 0.15) is 18.1 Å². The fourth-order valence-electron chi connectivity index (χ4n) is 2.34. The maximum Gasteiger partial charge on any atom is 0.149 e. The van der Waals surface area contributed by atoms with Crippen LogP contribution in [0.5, 0.6) is 0 Å². The molecule has 2 aromatic heterocycles. The van der Waals surface area contributed by atoms with Crippen LogP contribution in [0.3, 0.4) is 0 Å². The van der Waals surface area contributed by atoms with Gasteiger partial charge >= 0.3 is 0 Å². The van der Waals surface area contributed by atoms with Gasteiger partial charge in [0.1, 0.15) is 17.1 Å². The summed E-state index contributed by atoms with van der Waals surface area (Å²) in [6.45, 7) is 4.19. The Labute approximate surface area is 116 Å². The lowest BCUT2D eigenvalue weighted by atomic mass is 10.2. The smallest absolute Gasteiger partial charge is 0.149 e. The minimum atomic E-state index is 0.522. The van der Waals surface area contributed by atoms with Gasteiger partial charge in [0.2, 0.25) is 0 Å². The summed E-state index contributed by atoms with van der Waals surface area (Å²) in [5, 5.41) is 1.47. The summed E-state index contributed by atoms with van der Waals surface area (Å²) >= 11 is 6.21. The summed E-state index contributed by atoms with van der Waals surface area (Å²) in [5.41, 5.74) is 4.35. The number of fused-ring (bicyclic) bond motifs is 1. The van der Waals surface area contributed by atoms with Gasteiger partial charge in [0.05, 0.1) is 5.39 Å². The fraction of sp³-hybridized carbons (Fsp3) is 0.200. The zero-order valence-electron chi connectivity index (χ0n) is 10.9. The molecule has 0 radical (unpaired) electrons. The van der Waals surface area contributed by atoms with Crippen LogP contribution in [0, 0.1) is 6.92 Å². The molecule has 3 nitrogen and oxygen atoms in total. The highest BCUT2D eigenvalue weighted by atomic mass is 35.5. The van der Waals surface area contributed by atoms with E-state index in [0.29, 0.717) is 5.15 Å². The van der Waals surface area contributed by atoms with Crippen LogP contribution in [0.4, 0.5) is 0 Å². The number of aryl methyl sites for hydroxylation is 2. The van der Waals surface area contributed by atoms with Gasteiger partial charge in [-0.1, -0.05) is 30.7 Å². The van der Waals surface area contributed by atoms with Crippen molar-refractivity contribution >= 4 is 22.6 Å². The van der Waals surface area contributed by atoms with E-state index in [4.69, 9.17) is 11.6 Å². The average molecular weight is 272 g/mol. The number of nitrogens with zero attached hydrogens (tertiary/aromatic N) is 3. The summed E-state index contributed by atoms with van der Waals surface area (Å²) < 4.78 is 2.08. The topological polar surface area (TPSA) is 30.7 Å². The van der Waals surface area contributed by atoms with E-state index in [9.17, 15) is 0 Å². The molecule has 0 saturated heterocycles. The Morgan fingerprint density at radius 2 is 2.11 bits per heavy atom. The number of hydrogen-bond donors (Lipinski definition) is 0. The lowest BCUT2D eigenvalue weighted by Gasteiger charge is -2.05. The van der Waals surface area contributed by atoms with Crippen LogP contribution in [0.2, 0.25) is 5.15 Å². The maximum absolute atomic E-state index is 6.21. The number of rotatable bonds is 2. The van der Waals surface area contributed by atoms with E-state index in [1.54, 1.807) is 0 Å². The van der Waals surface area contributed by atoms with Crippen LogP contribution in [0.25, 0.3) is 16.7 Å². The third kappa shape index (κ3) is 2.00. The molecule has 0 bridgehead atoms. The molecule has 1 aromatic carbocycles. The second kappa shape index (κ2) is 4.67. The normalized spacial score (nSPS) is 11.1. The maximum atomic E-state index is 6.21. The SMILES string of the molecule is CCc1cn(-c2cccc(C)c2)c2ncnc(Cl)c12. The predicted octanol–water partition coefficient (Wildman–Crippen LogP) is 3.94. The highest BCUT2D eigenvalue weighted by molar-refractivity contribution is 6.34. The van der Waals surface area contributed by atoms with E-state index >= 15 is 0 Å². The molecule has 4 heteroatoms. The standard InChI is InChI=1S/C15H14ClN3/c1-3-11-8-19(12-6-4-5-10(2)7-12)15-13(11)14(16)17-9-18-15/h4-9H,3H2,1-2H3. The van der Waals surface area contributed by atoms with E-state index in [2.05, 4.69) is 52.8 Å². The van der Waals surface area contributed by atoms with Crippen molar-refractivity contribution in [1.82, 2.24) is 14.5 Å². The second-order valence-corrected chi connectivity index (χ2v) is 4.94. The molecule has 3 aromatic rings. The Balaban J connectivity index is 2.33. The van der Waals surface area contributed by atoms with Gasteiger partial charge in [0, 0.05) is 11.9 Å². The first kappa shape index (κ1) is 12.2. The van der Waals surface area contributed by atoms with E-state index in [0.717, 1.165) is 23.1 Å². The van der Waals surface area contributed by atoms with Gasteiger partial charge in [-0.2, -0.15) is 0 Å². The molecule has 0 aliphatic heterocycles. The van der Waals surface area contributed by atoms with Crippen molar-refractivity contribution in [1.29, 1.82) is 0 Å². The summed E-state index contributed by atoms with van der Waals surface area (Å²) in [6, 6.07) is 8.33. The van der Waals surface area contributed by atoms with Gasteiger partial charge in [-0.05, 0) is 36.6 Å². The van der Waals surface area contributed by atoms with E-state index in [1.807, 2.05) is 6.07 Å². The molecule has 96 valence electrons. The molecule has 19 heavy (non-hydrogen) atoms. The van der Waals surface area contributed by atoms with Gasteiger partial charge in [-0.15, -0.1) is 0 Å². The highest BCUT2D eigenvalue weighted by Gasteiger charge is 2.13. The lowest BCUT2D eigenvalue weighted by molar-refractivity contribution is 1.05. The number of benzene rings is 1. The lowest BCUT2D eigenvalue weighted by Crippen LogP contribution is -1.94. The van der Waals surface area contributed by atoms with Gasteiger partial charge in [0.15, 0.2) is 0 Å². The average Bonchev–Trinajstić information content (AvgIpc) is 2.79. The summed E-state index contributed by atoms with van der Waals surface area (Å²) in [7, 11) is 0. The van der Waals surface area contributed by atoms with E-state index < -0.39 is 0 Å². The first-order valence-corrected chi connectivity index (χ1v) is 6.66. The van der Waals surface area contributed by atoms with Crippen LogP contribution >= 0.6 is 11.6 Å². The molecule has 3 rings (SSSR count). The number of hydrogen-bond acceptors (Lipinski definition) is 2. The third-order valence-electron chi connectivity index (χ3n) is 3.28. The Morgan fingerprint density at radius 1 is 1.26 bits per heavy atom. The first-order valence-electron chi connectivity index (χ1n) is 6.28. The van der Waals surface area contributed by atoms with Crippen LogP contribution in [-0.4, -0.2) is 14.5 Å². The van der Waals surface area contributed by atoms with Crippen molar-refractivity contribution in [2.75, 3.05) is 0 Å². The molecule has 2 heterocycles. The molecular formula is C15H14ClN3. The minimum Gasteiger partial charge on any atom is -0.301 e. The molecular weight excluding hydrogens is 258 g/mol. The molecule has 0 fully saturated rings. The highest BCUT2D eigenvalue weighted by Crippen LogP contribution is 2.28. The van der Waals surface area contributed by atoms with E-state index in [-0.39, 0.29) is 0 Å². The van der Waals surface area contributed by atoms with Gasteiger partial charge in [0.25, 0.3) is 0 Å². The Morgan fingerprint density at radius 3 is 2.84 bits per heavy atom. The molecule has 0 amide bonds. The largest absolute Gasteiger partial charge is 0.301 e. The predicted molar refractivity (Wildman–Crippen MR) is 78.0 cm³/mol. The van der Waals surface area contributed by atoms with Crippen molar-refractivity contribution in [3.05, 3.63) is 53.1 Å². The van der Waals surface area contributed by atoms with Crippen LogP contribution in [-0.2, 0) is 6.42 Å². The summed E-state index contributed by atoms with van der Waals surface area (Å²) in [6.07, 6.45) is 4.51. The molecule has 0 saturated carbocycles. The van der Waals surface area contributed by atoms with Crippen molar-refractivity contribution in [2.45, 2.75) is 20.3 Å². The minimum absolute atomic E-state index is 0.522. The monoisotopic (exact) mass is 271 g/mol. The quantitative estimate of drug-likeness (QED) is 0.661. The fourth-order valence-corrected chi connectivity index (χ4v) is 2.59. The van der Waals surface area contributed by atoms with Crippen molar-refractivity contribution in [3.8, 4) is 5.69 Å². The van der Waals surface area contributed by atoms with Crippen molar-refractivity contribution in [3.63, 3.8) is 0 Å². The van der Waals surface area contributed by atoms with Crippen molar-refractivity contribution in [2.24, 2.45) is 0 Å². The third-order valence-corrected chi connectivity index (χ3v) is 3.56. The van der Waals surface area contributed by atoms with Gasteiger partial charge in [-0.3, -0.25) is 0 Å². The zero-order valence-corrected chi connectivity index (χ0v) is 11.6. The zero-order chi connectivity index (χ0) is 13.4. The van der Waals surface area contributed by atoms with Crippen LogP contribution < -0.4 is 0 Å². The van der Waals surface area contributed by atoms with Crippen LogP contribution in [0.15, 0.2) is 36.8 Å². The Bertz CT molecular complexity index is 746. The van der Waals surface area contributed by atoms with Crippen molar-refractivity contribution < 1.29 is 0 Å². The molecule has 0 unspecified atom stereocenters. The molecule has 0 N–H and O–H groups in total. The first-order chi connectivity index (χ1) is 9.20. The molecule has 0 spiro atoms. The molecule has 0 aliphatic carbocycles. The summed E-state index contributed by atoms with van der Waals surface area (Å²) in [4.78, 5) is 8.47. The second-order valence-electron chi connectivity index (χ2n) is 4.58. The number of halogens is 1. The molecule has 0 atom stereocenters. The van der Waals surface area contributed by atoms with Gasteiger partial charge in [-0.25, -0.2) is 9.97 Å². The van der Waals surface area contributed by atoms with Gasteiger partial charge < -0.3 is 4.57 Å². The summed E-state index contributed by atoms with van der Waals surface area (Å²) in [5.74, 6) is 0.